The number of hydrogen-bond acceptors (Lipinski definition) is 11. The lowest BCUT2D eigenvalue weighted by Gasteiger charge is -2.40. The van der Waals surface area contributed by atoms with E-state index >= 15 is 0 Å². The molecule has 0 aliphatic carbocycles. The molecule has 1 aliphatic rings. The Labute approximate surface area is 402 Å². The minimum atomic E-state index is -4.61. The Morgan fingerprint density at radius 2 is 0.909 bits per heavy atom. The summed E-state index contributed by atoms with van der Waals surface area (Å²) in [4.78, 5) is 25.5. The minimum Gasteiger partial charge on any atom is -0.462 e. The molecule has 1 heterocycles. The van der Waals surface area contributed by atoms with Crippen molar-refractivity contribution in [3.05, 3.63) is 24.3 Å². The third-order valence-corrected chi connectivity index (χ3v) is 13.3. The molecule has 0 radical (unpaired) electrons. The van der Waals surface area contributed by atoms with Crippen molar-refractivity contribution in [3.8, 4) is 0 Å². The SMILES string of the molecule is CCCCC/C=C/C/C=C/CCCCCCCC(=O)O[C@H](COC(=O)CCCCCCCCCCCCCCCCCCCCCCCCC)CO[C@H]1O[C@H](CS(=O)(=O)O)[C@@H](O)C(O)C1O. The van der Waals surface area contributed by atoms with Crippen LogP contribution in [-0.2, 0) is 38.7 Å². The van der Waals surface area contributed by atoms with E-state index in [1.165, 1.54) is 141 Å². The van der Waals surface area contributed by atoms with Crippen LogP contribution in [0.2, 0.25) is 0 Å². The van der Waals surface area contributed by atoms with Crippen LogP contribution in [0.4, 0.5) is 0 Å². The number of ether oxygens (including phenoxy) is 4. The fourth-order valence-electron chi connectivity index (χ4n) is 8.36. The van der Waals surface area contributed by atoms with Gasteiger partial charge in [0, 0.05) is 12.8 Å². The van der Waals surface area contributed by atoms with Crippen LogP contribution in [0.3, 0.4) is 0 Å². The molecule has 1 rings (SSSR count). The van der Waals surface area contributed by atoms with Crippen molar-refractivity contribution in [1.29, 1.82) is 0 Å². The quantitative estimate of drug-likeness (QED) is 0.0196. The molecule has 0 bridgehead atoms. The van der Waals surface area contributed by atoms with E-state index in [2.05, 4.69) is 38.2 Å². The van der Waals surface area contributed by atoms with Crippen molar-refractivity contribution in [1.82, 2.24) is 0 Å². The zero-order valence-corrected chi connectivity index (χ0v) is 42.6. The van der Waals surface area contributed by atoms with Crippen molar-refractivity contribution < 1.29 is 56.8 Å². The van der Waals surface area contributed by atoms with Gasteiger partial charge in [-0.05, 0) is 44.9 Å². The predicted molar refractivity (Wildman–Crippen MR) is 266 cm³/mol. The van der Waals surface area contributed by atoms with E-state index in [0.717, 1.165) is 64.2 Å². The van der Waals surface area contributed by atoms with Crippen molar-refractivity contribution in [2.45, 2.75) is 282 Å². The van der Waals surface area contributed by atoms with Gasteiger partial charge < -0.3 is 34.3 Å². The van der Waals surface area contributed by atoms with Gasteiger partial charge in [-0.3, -0.25) is 14.1 Å². The first kappa shape index (κ1) is 62.1. The normalized spacial score (nSPS) is 19.5. The van der Waals surface area contributed by atoms with E-state index in [4.69, 9.17) is 18.9 Å². The standard InChI is InChI=1S/C53H98O12S/c1-3-5-7-9-11-13-15-17-19-20-21-22-23-24-25-26-28-29-31-33-35-37-39-41-48(54)62-43-46(44-63-53-52(58)51(57)50(56)47(65-53)45-66(59,60)61)64-49(55)42-40-38-36-34-32-30-27-18-16-14-12-10-8-6-4-2/h12,14,18,27,46-47,50-53,56-58H,3-11,13,15-17,19-26,28-45H2,1-2H3,(H,59,60,61)/b14-12+,27-18+/t46-,47-,50-,51?,52?,53+/m1/s1. The molecule has 1 aliphatic heterocycles. The van der Waals surface area contributed by atoms with Gasteiger partial charge in [0.25, 0.3) is 10.1 Å². The zero-order valence-electron chi connectivity index (χ0n) is 41.8. The molecule has 0 aromatic heterocycles. The number of hydrogen-bond donors (Lipinski definition) is 4. The number of carbonyl (C=O) groups is 2. The van der Waals surface area contributed by atoms with Gasteiger partial charge >= 0.3 is 11.9 Å². The Balaban J connectivity index is 2.31. The molecule has 0 aromatic carbocycles. The van der Waals surface area contributed by atoms with E-state index in [-0.39, 0.29) is 19.4 Å². The van der Waals surface area contributed by atoms with Crippen LogP contribution >= 0.6 is 0 Å². The number of allylic oxidation sites excluding steroid dienone is 4. The highest BCUT2D eigenvalue weighted by Gasteiger charge is 2.46. The molecule has 0 amide bonds. The second-order valence-corrected chi connectivity index (χ2v) is 20.4. The third kappa shape index (κ3) is 37.1. The summed E-state index contributed by atoms with van der Waals surface area (Å²) in [5.41, 5.74) is 0. The minimum absolute atomic E-state index is 0.151. The van der Waals surface area contributed by atoms with Crippen LogP contribution in [0, 0.1) is 0 Å². The van der Waals surface area contributed by atoms with Gasteiger partial charge in [-0.25, -0.2) is 0 Å². The first-order valence-corrected chi connectivity index (χ1v) is 28.5. The van der Waals surface area contributed by atoms with Crippen LogP contribution < -0.4 is 0 Å². The summed E-state index contributed by atoms with van der Waals surface area (Å²) in [6, 6.07) is 0. The Bertz CT molecular complexity index is 1310. The van der Waals surface area contributed by atoms with Gasteiger partial charge in [0.15, 0.2) is 12.4 Å². The van der Waals surface area contributed by atoms with Gasteiger partial charge in [-0.2, -0.15) is 8.42 Å². The average molecular weight is 959 g/mol. The molecule has 1 saturated heterocycles. The number of unbranched alkanes of at least 4 members (excludes halogenated alkanes) is 30. The Morgan fingerprint density at radius 3 is 1.36 bits per heavy atom. The number of aliphatic hydroxyl groups is 3. The molecule has 13 heteroatoms. The summed E-state index contributed by atoms with van der Waals surface area (Å²) >= 11 is 0. The van der Waals surface area contributed by atoms with Crippen LogP contribution in [0.25, 0.3) is 0 Å². The highest BCUT2D eigenvalue weighted by atomic mass is 32.2. The molecule has 4 N–H and O–H groups in total. The molecule has 66 heavy (non-hydrogen) atoms. The van der Waals surface area contributed by atoms with E-state index in [9.17, 15) is 37.9 Å². The second kappa shape index (κ2) is 43.2. The molecule has 1 fully saturated rings. The number of esters is 2. The van der Waals surface area contributed by atoms with Crippen LogP contribution in [0.1, 0.15) is 245 Å². The summed E-state index contributed by atoms with van der Waals surface area (Å²) in [5, 5.41) is 31.0. The lowest BCUT2D eigenvalue weighted by atomic mass is 10.00. The molecule has 0 aromatic rings. The topological polar surface area (TPSA) is 186 Å². The van der Waals surface area contributed by atoms with E-state index in [1.807, 2.05) is 0 Å². The van der Waals surface area contributed by atoms with Crippen molar-refractivity contribution in [3.63, 3.8) is 0 Å². The zero-order chi connectivity index (χ0) is 48.4. The predicted octanol–water partition coefficient (Wildman–Crippen LogP) is 12.3. The third-order valence-electron chi connectivity index (χ3n) is 12.5. The van der Waals surface area contributed by atoms with Gasteiger partial charge in [-0.1, -0.05) is 212 Å². The van der Waals surface area contributed by atoms with E-state index in [1.54, 1.807) is 0 Å². The summed E-state index contributed by atoms with van der Waals surface area (Å²) in [7, 11) is -4.61. The number of aliphatic hydroxyl groups excluding tert-OH is 3. The van der Waals surface area contributed by atoms with Crippen molar-refractivity contribution in [2.75, 3.05) is 19.0 Å². The summed E-state index contributed by atoms with van der Waals surface area (Å²) in [6.07, 6.45) is 40.8. The second-order valence-electron chi connectivity index (χ2n) is 18.9. The first-order chi connectivity index (χ1) is 32.0. The maximum Gasteiger partial charge on any atom is 0.306 e. The molecule has 388 valence electrons. The Morgan fingerprint density at radius 1 is 0.515 bits per heavy atom. The number of rotatable bonds is 46. The van der Waals surface area contributed by atoms with Crippen LogP contribution in [0.15, 0.2) is 24.3 Å². The largest absolute Gasteiger partial charge is 0.462 e. The summed E-state index contributed by atoms with van der Waals surface area (Å²) in [5.74, 6) is -1.99. The first-order valence-electron chi connectivity index (χ1n) is 26.9. The van der Waals surface area contributed by atoms with Crippen LogP contribution in [-0.4, -0.2) is 96.0 Å². The fraction of sp³-hybridized carbons (Fsp3) is 0.887. The van der Waals surface area contributed by atoms with E-state index in [0.29, 0.717) is 12.8 Å². The molecule has 12 nitrogen and oxygen atoms in total. The van der Waals surface area contributed by atoms with E-state index < -0.39 is 71.2 Å². The smallest absolute Gasteiger partial charge is 0.306 e. The fourth-order valence-corrected chi connectivity index (χ4v) is 9.05. The van der Waals surface area contributed by atoms with Crippen molar-refractivity contribution >= 4 is 22.1 Å². The number of carbonyl (C=O) groups excluding carboxylic acids is 2. The van der Waals surface area contributed by atoms with Gasteiger partial charge in [0.1, 0.15) is 36.8 Å². The lowest BCUT2D eigenvalue weighted by molar-refractivity contribution is -0.297. The maximum absolute atomic E-state index is 12.9. The average Bonchev–Trinajstić information content (AvgIpc) is 3.28. The lowest BCUT2D eigenvalue weighted by Crippen LogP contribution is -2.60. The highest BCUT2D eigenvalue weighted by Crippen LogP contribution is 2.24. The maximum atomic E-state index is 12.9. The van der Waals surface area contributed by atoms with Crippen LogP contribution in [0.5, 0.6) is 0 Å². The van der Waals surface area contributed by atoms with Crippen molar-refractivity contribution in [2.24, 2.45) is 0 Å². The molecular formula is C53H98O12S. The molecule has 2 unspecified atom stereocenters. The van der Waals surface area contributed by atoms with Gasteiger partial charge in [0.05, 0.1) is 6.61 Å². The molecular weight excluding hydrogens is 861 g/mol. The highest BCUT2D eigenvalue weighted by molar-refractivity contribution is 7.85. The van der Waals surface area contributed by atoms with Gasteiger partial charge in [-0.15, -0.1) is 0 Å². The summed E-state index contributed by atoms with van der Waals surface area (Å²) in [6.45, 7) is 3.76. The van der Waals surface area contributed by atoms with Gasteiger partial charge in [0.2, 0.25) is 0 Å². The molecule has 0 saturated carbocycles. The Kier molecular flexibility index (Phi) is 40.7. The molecule has 0 spiro atoms. The summed E-state index contributed by atoms with van der Waals surface area (Å²) < 4.78 is 54.2. The monoisotopic (exact) mass is 959 g/mol. The molecule has 6 atom stereocenters. The Hall–Kier alpha value is -1.87.